The number of ether oxygens (including phenoxy) is 1. The molecule has 0 spiro atoms. The Morgan fingerprint density at radius 2 is 2.33 bits per heavy atom. The molecule has 2 rings (SSSR count). The lowest BCUT2D eigenvalue weighted by molar-refractivity contribution is -0.123. The molecule has 2 N–H and O–H groups in total. The molecule has 1 heterocycles. The number of carbonyl (C=O) groups is 1. The standard InChI is InChI=1S/C15H18ClN3O2/c1-11-4-5-12(16)13(9-11)21-10-15(20)19-6-2-3-14-17-7-8-18-14/h4-5,7-9H,2-3,6,10H2,1H3,(H,17,18)(H,19,20). The van der Waals surface area contributed by atoms with Gasteiger partial charge in [0.15, 0.2) is 6.61 Å². The van der Waals surface area contributed by atoms with Crippen molar-refractivity contribution >= 4 is 17.5 Å². The molecular formula is C15H18ClN3O2. The predicted molar refractivity (Wildman–Crippen MR) is 81.6 cm³/mol. The van der Waals surface area contributed by atoms with Crippen LogP contribution in [0.2, 0.25) is 5.02 Å². The van der Waals surface area contributed by atoms with E-state index < -0.39 is 0 Å². The fourth-order valence-corrected chi connectivity index (χ4v) is 2.01. The zero-order chi connectivity index (χ0) is 15.1. The summed E-state index contributed by atoms with van der Waals surface area (Å²) in [6.07, 6.45) is 5.13. The summed E-state index contributed by atoms with van der Waals surface area (Å²) < 4.78 is 5.42. The smallest absolute Gasteiger partial charge is 0.257 e. The van der Waals surface area contributed by atoms with Gasteiger partial charge in [-0.3, -0.25) is 4.79 Å². The van der Waals surface area contributed by atoms with Gasteiger partial charge in [-0.25, -0.2) is 4.98 Å². The molecule has 0 unspecified atom stereocenters. The number of hydrogen-bond acceptors (Lipinski definition) is 3. The number of carbonyl (C=O) groups excluding carboxylic acids is 1. The van der Waals surface area contributed by atoms with E-state index in [-0.39, 0.29) is 12.5 Å². The summed E-state index contributed by atoms with van der Waals surface area (Å²) in [4.78, 5) is 18.8. The van der Waals surface area contributed by atoms with E-state index >= 15 is 0 Å². The Hall–Kier alpha value is -2.01. The number of halogens is 1. The molecule has 0 bridgehead atoms. The predicted octanol–water partition coefficient (Wildman–Crippen LogP) is 2.50. The topological polar surface area (TPSA) is 67.0 Å². The van der Waals surface area contributed by atoms with Crippen molar-refractivity contribution in [3.8, 4) is 5.75 Å². The van der Waals surface area contributed by atoms with Crippen LogP contribution in [-0.2, 0) is 11.2 Å². The van der Waals surface area contributed by atoms with Crippen molar-refractivity contribution in [2.24, 2.45) is 0 Å². The number of nitrogens with zero attached hydrogens (tertiary/aromatic N) is 1. The molecule has 1 aromatic carbocycles. The highest BCUT2D eigenvalue weighted by Crippen LogP contribution is 2.24. The van der Waals surface area contributed by atoms with Gasteiger partial charge < -0.3 is 15.0 Å². The second kappa shape index (κ2) is 7.69. The highest BCUT2D eigenvalue weighted by atomic mass is 35.5. The molecular weight excluding hydrogens is 290 g/mol. The third-order valence-corrected chi connectivity index (χ3v) is 3.23. The molecule has 0 aliphatic carbocycles. The van der Waals surface area contributed by atoms with Gasteiger partial charge in [-0.1, -0.05) is 17.7 Å². The first kappa shape index (κ1) is 15.4. The Morgan fingerprint density at radius 1 is 1.48 bits per heavy atom. The van der Waals surface area contributed by atoms with Crippen molar-refractivity contribution in [3.05, 3.63) is 47.0 Å². The van der Waals surface area contributed by atoms with E-state index in [2.05, 4.69) is 15.3 Å². The summed E-state index contributed by atoms with van der Waals surface area (Å²) in [6, 6.07) is 5.46. The highest BCUT2D eigenvalue weighted by molar-refractivity contribution is 6.32. The minimum atomic E-state index is -0.160. The molecule has 0 atom stereocenters. The Morgan fingerprint density at radius 3 is 3.10 bits per heavy atom. The maximum atomic E-state index is 11.7. The second-order valence-electron chi connectivity index (χ2n) is 4.71. The first-order valence-electron chi connectivity index (χ1n) is 6.79. The van der Waals surface area contributed by atoms with E-state index in [9.17, 15) is 4.79 Å². The molecule has 0 saturated heterocycles. The van der Waals surface area contributed by atoms with E-state index in [1.807, 2.05) is 19.1 Å². The van der Waals surface area contributed by atoms with Crippen molar-refractivity contribution < 1.29 is 9.53 Å². The molecule has 0 fully saturated rings. The van der Waals surface area contributed by atoms with Gasteiger partial charge in [-0.2, -0.15) is 0 Å². The number of aryl methyl sites for hydroxylation is 2. The monoisotopic (exact) mass is 307 g/mol. The van der Waals surface area contributed by atoms with E-state index in [1.54, 1.807) is 18.5 Å². The minimum Gasteiger partial charge on any atom is -0.482 e. The van der Waals surface area contributed by atoms with Crippen LogP contribution < -0.4 is 10.1 Å². The maximum Gasteiger partial charge on any atom is 0.257 e. The van der Waals surface area contributed by atoms with E-state index in [4.69, 9.17) is 16.3 Å². The van der Waals surface area contributed by atoms with Crippen LogP contribution >= 0.6 is 11.6 Å². The van der Waals surface area contributed by atoms with Crippen molar-refractivity contribution in [1.29, 1.82) is 0 Å². The fourth-order valence-electron chi connectivity index (χ4n) is 1.83. The quantitative estimate of drug-likeness (QED) is 0.772. The number of benzene rings is 1. The number of nitrogens with one attached hydrogen (secondary N) is 2. The molecule has 0 saturated carbocycles. The van der Waals surface area contributed by atoms with Crippen LogP contribution in [-0.4, -0.2) is 29.0 Å². The second-order valence-corrected chi connectivity index (χ2v) is 5.12. The number of rotatable bonds is 7. The SMILES string of the molecule is Cc1ccc(Cl)c(OCC(=O)NCCCc2ncc[nH]2)c1. The van der Waals surface area contributed by atoms with Crippen LogP contribution in [0.5, 0.6) is 5.75 Å². The third kappa shape index (κ3) is 5.11. The lowest BCUT2D eigenvalue weighted by Crippen LogP contribution is -2.30. The van der Waals surface area contributed by atoms with E-state index in [0.29, 0.717) is 17.3 Å². The first-order valence-corrected chi connectivity index (χ1v) is 7.17. The molecule has 6 heteroatoms. The summed E-state index contributed by atoms with van der Waals surface area (Å²) >= 11 is 6.00. The van der Waals surface area contributed by atoms with Crippen molar-refractivity contribution in [1.82, 2.24) is 15.3 Å². The average molecular weight is 308 g/mol. The van der Waals surface area contributed by atoms with Crippen LogP contribution in [0.1, 0.15) is 17.8 Å². The molecule has 112 valence electrons. The van der Waals surface area contributed by atoms with Gasteiger partial charge in [0.1, 0.15) is 11.6 Å². The molecule has 1 aromatic heterocycles. The molecule has 5 nitrogen and oxygen atoms in total. The molecule has 1 amide bonds. The summed E-state index contributed by atoms with van der Waals surface area (Å²) in [5, 5.41) is 3.31. The molecule has 0 aliphatic heterocycles. The zero-order valence-corrected chi connectivity index (χ0v) is 12.6. The Labute approximate surface area is 128 Å². The van der Waals surface area contributed by atoms with Crippen LogP contribution in [0.3, 0.4) is 0 Å². The third-order valence-electron chi connectivity index (χ3n) is 2.91. The number of aromatic amines is 1. The van der Waals surface area contributed by atoms with Crippen LogP contribution in [0.4, 0.5) is 0 Å². The van der Waals surface area contributed by atoms with Crippen LogP contribution in [0.15, 0.2) is 30.6 Å². The number of amides is 1. The molecule has 21 heavy (non-hydrogen) atoms. The van der Waals surface area contributed by atoms with Gasteiger partial charge in [0.2, 0.25) is 0 Å². The van der Waals surface area contributed by atoms with Gasteiger partial charge in [0, 0.05) is 25.4 Å². The summed E-state index contributed by atoms with van der Waals surface area (Å²) in [7, 11) is 0. The lowest BCUT2D eigenvalue weighted by Gasteiger charge is -2.09. The Bertz CT molecular complexity index is 585. The first-order chi connectivity index (χ1) is 10.1. The van der Waals surface area contributed by atoms with Crippen molar-refractivity contribution in [2.45, 2.75) is 19.8 Å². The number of hydrogen-bond donors (Lipinski definition) is 2. The zero-order valence-electron chi connectivity index (χ0n) is 11.9. The number of imidazole rings is 1. The summed E-state index contributed by atoms with van der Waals surface area (Å²) in [6.45, 7) is 2.49. The van der Waals surface area contributed by atoms with Crippen molar-refractivity contribution in [3.63, 3.8) is 0 Å². The minimum absolute atomic E-state index is 0.0378. The normalized spacial score (nSPS) is 10.4. The van der Waals surface area contributed by atoms with Gasteiger partial charge in [-0.05, 0) is 31.0 Å². The van der Waals surface area contributed by atoms with Crippen LogP contribution in [0.25, 0.3) is 0 Å². The van der Waals surface area contributed by atoms with E-state index in [0.717, 1.165) is 24.2 Å². The summed E-state index contributed by atoms with van der Waals surface area (Å²) in [5.41, 5.74) is 1.04. The van der Waals surface area contributed by atoms with Gasteiger partial charge in [0.25, 0.3) is 5.91 Å². The Balaban J connectivity index is 1.66. The highest BCUT2D eigenvalue weighted by Gasteiger charge is 2.06. The largest absolute Gasteiger partial charge is 0.482 e. The summed E-state index contributed by atoms with van der Waals surface area (Å²) in [5.74, 6) is 1.29. The van der Waals surface area contributed by atoms with Gasteiger partial charge in [-0.15, -0.1) is 0 Å². The number of aromatic nitrogens is 2. The lowest BCUT2D eigenvalue weighted by atomic mass is 10.2. The molecule has 2 aromatic rings. The van der Waals surface area contributed by atoms with Crippen molar-refractivity contribution in [2.75, 3.05) is 13.2 Å². The Kier molecular flexibility index (Phi) is 5.63. The molecule has 0 radical (unpaired) electrons. The van der Waals surface area contributed by atoms with Crippen LogP contribution in [0, 0.1) is 6.92 Å². The maximum absolute atomic E-state index is 11.7. The van der Waals surface area contributed by atoms with Gasteiger partial charge >= 0.3 is 0 Å². The van der Waals surface area contributed by atoms with E-state index in [1.165, 1.54) is 0 Å². The number of H-pyrrole nitrogens is 1. The van der Waals surface area contributed by atoms with Gasteiger partial charge in [0.05, 0.1) is 5.02 Å². The fraction of sp³-hybridized carbons (Fsp3) is 0.333. The molecule has 0 aliphatic rings. The average Bonchev–Trinajstić information content (AvgIpc) is 2.98.